The molecular formula is C16H14N2O3S. The fraction of sp³-hybridized carbons (Fsp3) is 0.125. The number of amides is 1. The maximum atomic E-state index is 11.9. The third kappa shape index (κ3) is 3.35. The fourth-order valence-electron chi connectivity index (χ4n) is 1.91. The summed E-state index contributed by atoms with van der Waals surface area (Å²) in [4.78, 5) is 16.2. The van der Waals surface area contributed by atoms with Crippen molar-refractivity contribution >= 4 is 38.7 Å². The Kier molecular flexibility index (Phi) is 4.20. The van der Waals surface area contributed by atoms with Crippen molar-refractivity contribution in [2.45, 2.75) is 6.92 Å². The molecule has 0 saturated carbocycles. The van der Waals surface area contributed by atoms with Crippen LogP contribution < -0.4 is 10.1 Å². The van der Waals surface area contributed by atoms with E-state index in [1.54, 1.807) is 24.5 Å². The number of anilines is 1. The zero-order valence-corrected chi connectivity index (χ0v) is 12.7. The van der Waals surface area contributed by atoms with Crippen LogP contribution in [0.15, 0.2) is 47.1 Å². The number of carbonyl (C=O) groups is 1. The Balaban J connectivity index is 1.72. The van der Waals surface area contributed by atoms with Gasteiger partial charge in [-0.1, -0.05) is 11.3 Å². The number of nitrogens with one attached hydrogen (secondary N) is 1. The van der Waals surface area contributed by atoms with Gasteiger partial charge >= 0.3 is 0 Å². The van der Waals surface area contributed by atoms with Crippen LogP contribution in [0.1, 0.15) is 12.7 Å². The second-order valence-electron chi connectivity index (χ2n) is 4.42. The highest BCUT2D eigenvalue weighted by molar-refractivity contribution is 7.22. The van der Waals surface area contributed by atoms with Gasteiger partial charge in [-0.3, -0.25) is 10.1 Å². The normalized spacial score (nSPS) is 11.1. The number of furan rings is 1. The molecule has 3 aromatic rings. The molecule has 1 N–H and O–H groups in total. The molecule has 3 rings (SSSR count). The first kappa shape index (κ1) is 14.3. The third-order valence-electron chi connectivity index (χ3n) is 2.84. The van der Waals surface area contributed by atoms with E-state index in [-0.39, 0.29) is 5.91 Å². The van der Waals surface area contributed by atoms with E-state index in [9.17, 15) is 4.79 Å². The largest absolute Gasteiger partial charge is 0.494 e. The monoisotopic (exact) mass is 314 g/mol. The molecule has 0 unspecified atom stereocenters. The molecule has 2 aromatic heterocycles. The third-order valence-corrected chi connectivity index (χ3v) is 3.78. The Bertz CT molecular complexity index is 806. The molecule has 0 fully saturated rings. The summed E-state index contributed by atoms with van der Waals surface area (Å²) in [6, 6.07) is 9.21. The minimum Gasteiger partial charge on any atom is -0.494 e. The average molecular weight is 314 g/mol. The molecule has 1 aromatic carbocycles. The molecule has 1 amide bonds. The molecule has 5 nitrogen and oxygen atoms in total. The number of hydrogen-bond acceptors (Lipinski definition) is 5. The predicted molar refractivity (Wildman–Crippen MR) is 87.2 cm³/mol. The van der Waals surface area contributed by atoms with Gasteiger partial charge in [-0.15, -0.1) is 0 Å². The van der Waals surface area contributed by atoms with Gasteiger partial charge < -0.3 is 9.15 Å². The minimum absolute atomic E-state index is 0.250. The van der Waals surface area contributed by atoms with Gasteiger partial charge in [-0.2, -0.15) is 0 Å². The van der Waals surface area contributed by atoms with Crippen molar-refractivity contribution in [3.8, 4) is 5.75 Å². The quantitative estimate of drug-likeness (QED) is 0.724. The molecule has 0 aliphatic rings. The summed E-state index contributed by atoms with van der Waals surface area (Å²) >= 11 is 1.41. The van der Waals surface area contributed by atoms with Crippen molar-refractivity contribution in [1.29, 1.82) is 0 Å². The van der Waals surface area contributed by atoms with E-state index in [0.717, 1.165) is 16.0 Å². The second kappa shape index (κ2) is 6.44. The highest BCUT2D eigenvalue weighted by atomic mass is 32.1. The maximum Gasteiger partial charge on any atom is 0.250 e. The topological polar surface area (TPSA) is 64.4 Å². The summed E-state index contributed by atoms with van der Waals surface area (Å²) in [5.74, 6) is 1.18. The van der Waals surface area contributed by atoms with Gasteiger partial charge in [0.15, 0.2) is 5.13 Å². The predicted octanol–water partition coefficient (Wildman–Crippen LogP) is 3.94. The number of rotatable bonds is 5. The van der Waals surface area contributed by atoms with E-state index >= 15 is 0 Å². The van der Waals surface area contributed by atoms with Crippen LogP contribution in [0.4, 0.5) is 5.13 Å². The molecule has 0 aliphatic carbocycles. The molecule has 2 heterocycles. The zero-order valence-electron chi connectivity index (χ0n) is 11.9. The number of benzene rings is 1. The van der Waals surface area contributed by atoms with Crippen molar-refractivity contribution in [1.82, 2.24) is 4.98 Å². The second-order valence-corrected chi connectivity index (χ2v) is 5.45. The summed E-state index contributed by atoms with van der Waals surface area (Å²) in [6.45, 7) is 2.55. The molecule has 22 heavy (non-hydrogen) atoms. The van der Waals surface area contributed by atoms with E-state index in [4.69, 9.17) is 9.15 Å². The van der Waals surface area contributed by atoms with Crippen LogP contribution >= 0.6 is 11.3 Å². The Hall–Kier alpha value is -2.60. The van der Waals surface area contributed by atoms with E-state index < -0.39 is 0 Å². The van der Waals surface area contributed by atoms with Crippen molar-refractivity contribution in [3.05, 3.63) is 48.4 Å². The average Bonchev–Trinajstić information content (AvgIpc) is 3.13. The lowest BCUT2D eigenvalue weighted by atomic mass is 10.3. The summed E-state index contributed by atoms with van der Waals surface area (Å²) in [5, 5.41) is 3.30. The SMILES string of the molecule is CCOc1ccc2nc(NC(=O)C=Cc3ccco3)sc2c1. The Morgan fingerprint density at radius 2 is 2.36 bits per heavy atom. The van der Waals surface area contributed by atoms with Crippen LogP contribution in [0, 0.1) is 0 Å². The standard InChI is InChI=1S/C16H14N2O3S/c1-2-20-12-5-7-13-14(10-12)22-16(17-13)18-15(19)8-6-11-4-3-9-21-11/h3-10H,2H2,1H3,(H,17,18,19). The molecule has 6 heteroatoms. The molecular weight excluding hydrogens is 300 g/mol. The van der Waals surface area contributed by atoms with E-state index in [1.807, 2.05) is 25.1 Å². The lowest BCUT2D eigenvalue weighted by molar-refractivity contribution is -0.111. The van der Waals surface area contributed by atoms with Crippen molar-refractivity contribution in [3.63, 3.8) is 0 Å². The van der Waals surface area contributed by atoms with Crippen LogP contribution in [0.3, 0.4) is 0 Å². The van der Waals surface area contributed by atoms with Gasteiger partial charge in [0.2, 0.25) is 5.91 Å². The molecule has 0 atom stereocenters. The molecule has 0 aliphatic heterocycles. The smallest absolute Gasteiger partial charge is 0.250 e. The van der Waals surface area contributed by atoms with Gasteiger partial charge in [0, 0.05) is 6.08 Å². The Labute approximate surface area is 131 Å². The van der Waals surface area contributed by atoms with Gasteiger partial charge in [0.1, 0.15) is 11.5 Å². The van der Waals surface area contributed by atoms with Crippen LogP contribution in [-0.4, -0.2) is 17.5 Å². The number of ether oxygens (including phenoxy) is 1. The van der Waals surface area contributed by atoms with Crippen LogP contribution in [0.2, 0.25) is 0 Å². The zero-order chi connectivity index (χ0) is 15.4. The van der Waals surface area contributed by atoms with Crippen molar-refractivity contribution < 1.29 is 13.9 Å². The van der Waals surface area contributed by atoms with Gasteiger partial charge in [0.25, 0.3) is 0 Å². The summed E-state index contributed by atoms with van der Waals surface area (Å²) < 4.78 is 11.5. The van der Waals surface area contributed by atoms with Gasteiger partial charge in [-0.05, 0) is 43.3 Å². The first-order valence-electron chi connectivity index (χ1n) is 6.80. The number of carbonyl (C=O) groups excluding carboxylic acids is 1. The molecule has 0 bridgehead atoms. The van der Waals surface area contributed by atoms with Crippen molar-refractivity contribution in [2.24, 2.45) is 0 Å². The van der Waals surface area contributed by atoms with E-state index in [1.165, 1.54) is 17.4 Å². The van der Waals surface area contributed by atoms with E-state index in [0.29, 0.717) is 17.5 Å². The Morgan fingerprint density at radius 1 is 1.45 bits per heavy atom. The lowest BCUT2D eigenvalue weighted by Crippen LogP contribution is -2.07. The summed E-state index contributed by atoms with van der Waals surface area (Å²) in [6.07, 6.45) is 4.58. The highest BCUT2D eigenvalue weighted by Crippen LogP contribution is 2.29. The first-order chi connectivity index (χ1) is 10.7. The van der Waals surface area contributed by atoms with Gasteiger partial charge in [-0.25, -0.2) is 4.98 Å². The van der Waals surface area contributed by atoms with Crippen LogP contribution in [0.25, 0.3) is 16.3 Å². The summed E-state index contributed by atoms with van der Waals surface area (Å²) in [5.41, 5.74) is 0.832. The van der Waals surface area contributed by atoms with E-state index in [2.05, 4.69) is 10.3 Å². The molecule has 0 saturated heterocycles. The summed E-state index contributed by atoms with van der Waals surface area (Å²) in [7, 11) is 0. The Morgan fingerprint density at radius 3 is 3.14 bits per heavy atom. The number of thiazole rings is 1. The first-order valence-corrected chi connectivity index (χ1v) is 7.62. The van der Waals surface area contributed by atoms with Crippen LogP contribution in [0.5, 0.6) is 5.75 Å². The number of hydrogen-bond donors (Lipinski definition) is 1. The van der Waals surface area contributed by atoms with Gasteiger partial charge in [0.05, 0.1) is 23.1 Å². The van der Waals surface area contributed by atoms with Crippen molar-refractivity contribution in [2.75, 3.05) is 11.9 Å². The molecule has 0 spiro atoms. The molecule has 112 valence electrons. The molecule has 0 radical (unpaired) electrons. The highest BCUT2D eigenvalue weighted by Gasteiger charge is 2.07. The number of fused-ring (bicyclic) bond motifs is 1. The van der Waals surface area contributed by atoms with Crippen LogP contribution in [-0.2, 0) is 4.79 Å². The maximum absolute atomic E-state index is 11.9. The minimum atomic E-state index is -0.250. The number of aromatic nitrogens is 1. The fourth-order valence-corrected chi connectivity index (χ4v) is 2.80. The lowest BCUT2D eigenvalue weighted by Gasteiger charge is -2.00. The number of nitrogens with zero attached hydrogens (tertiary/aromatic N) is 1.